The molecule has 0 spiro atoms. The predicted octanol–water partition coefficient (Wildman–Crippen LogP) is 1.24. The lowest BCUT2D eigenvalue weighted by Gasteiger charge is -2.50. The zero-order chi connectivity index (χ0) is 12.3. The predicted molar refractivity (Wildman–Crippen MR) is 76.6 cm³/mol. The molecule has 0 aromatic heterocycles. The first-order chi connectivity index (χ1) is 8.20. The lowest BCUT2D eigenvalue weighted by molar-refractivity contribution is 0.0313. The molecule has 0 saturated carbocycles. The molecule has 0 aliphatic carbocycles. The van der Waals surface area contributed by atoms with E-state index in [-0.39, 0.29) is 0 Å². The Morgan fingerprint density at radius 2 is 2.00 bits per heavy atom. The topological polar surface area (TPSA) is 32.5 Å². The molecule has 2 rings (SSSR count). The Morgan fingerprint density at radius 1 is 1.29 bits per heavy atom. The molecule has 4 heteroatoms. The summed E-state index contributed by atoms with van der Waals surface area (Å²) < 4.78 is 0. The molecule has 2 aliphatic rings. The number of piperidine rings is 1. The van der Waals surface area contributed by atoms with E-state index < -0.39 is 0 Å². The number of thioether (sulfide) groups is 1. The number of likely N-dealkylation sites (tertiary alicyclic amines) is 1. The maximum atomic E-state index is 6.13. The van der Waals surface area contributed by atoms with Crippen LogP contribution in [0.1, 0.15) is 26.7 Å². The number of nitrogens with two attached hydrogens (primary N) is 1. The smallest absolute Gasteiger partial charge is 0.0356 e. The van der Waals surface area contributed by atoms with Crippen molar-refractivity contribution >= 4 is 11.8 Å². The molecular formula is C13H27N3S. The molecule has 2 aliphatic heterocycles. The van der Waals surface area contributed by atoms with Gasteiger partial charge in [0.05, 0.1) is 0 Å². The van der Waals surface area contributed by atoms with Crippen LogP contribution in [0.3, 0.4) is 0 Å². The molecule has 2 saturated heterocycles. The van der Waals surface area contributed by atoms with Crippen LogP contribution in [-0.4, -0.2) is 65.6 Å². The van der Waals surface area contributed by atoms with Crippen molar-refractivity contribution in [1.29, 1.82) is 0 Å². The minimum absolute atomic E-state index is 0.306. The highest BCUT2D eigenvalue weighted by molar-refractivity contribution is 7.99. The standard InChI is InChI=1S/C13H27N3S/c1-3-15-6-4-13(11-14,5-7-15)16-8-9-17-12(2)10-16/h12H,3-11,14H2,1-2H3. The molecule has 0 radical (unpaired) electrons. The van der Waals surface area contributed by atoms with Crippen LogP contribution in [0.5, 0.6) is 0 Å². The quantitative estimate of drug-likeness (QED) is 0.824. The van der Waals surface area contributed by atoms with E-state index in [1.807, 2.05) is 0 Å². The van der Waals surface area contributed by atoms with E-state index >= 15 is 0 Å². The van der Waals surface area contributed by atoms with E-state index in [0.29, 0.717) is 5.54 Å². The summed E-state index contributed by atoms with van der Waals surface area (Å²) in [4.78, 5) is 5.25. The maximum absolute atomic E-state index is 6.13. The van der Waals surface area contributed by atoms with Crippen LogP contribution in [0, 0.1) is 0 Å². The maximum Gasteiger partial charge on any atom is 0.0356 e. The van der Waals surface area contributed by atoms with Crippen LogP contribution < -0.4 is 5.73 Å². The second kappa shape index (κ2) is 5.91. The third-order valence-electron chi connectivity index (χ3n) is 4.53. The lowest BCUT2D eigenvalue weighted by atomic mass is 9.85. The second-order valence-corrected chi connectivity index (χ2v) is 7.04. The Kier molecular flexibility index (Phi) is 4.75. The largest absolute Gasteiger partial charge is 0.329 e. The van der Waals surface area contributed by atoms with Crippen LogP contribution in [-0.2, 0) is 0 Å². The van der Waals surface area contributed by atoms with Crippen molar-refractivity contribution in [3.05, 3.63) is 0 Å². The molecule has 2 heterocycles. The summed E-state index contributed by atoms with van der Waals surface area (Å²) in [5.74, 6) is 1.28. The van der Waals surface area contributed by atoms with Crippen LogP contribution in [0.4, 0.5) is 0 Å². The molecule has 2 fully saturated rings. The summed E-state index contributed by atoms with van der Waals surface area (Å²) in [6.07, 6.45) is 2.52. The molecule has 17 heavy (non-hydrogen) atoms. The first kappa shape index (κ1) is 13.7. The Labute approximate surface area is 110 Å². The molecule has 100 valence electrons. The third-order valence-corrected chi connectivity index (χ3v) is 5.66. The SMILES string of the molecule is CCN1CCC(CN)(N2CCSC(C)C2)CC1. The highest BCUT2D eigenvalue weighted by Crippen LogP contribution is 2.32. The fourth-order valence-corrected chi connectivity index (χ4v) is 4.20. The van der Waals surface area contributed by atoms with Gasteiger partial charge in [0.15, 0.2) is 0 Å². The zero-order valence-electron chi connectivity index (χ0n) is 11.3. The highest BCUT2D eigenvalue weighted by atomic mass is 32.2. The van der Waals surface area contributed by atoms with Gasteiger partial charge in [-0.2, -0.15) is 11.8 Å². The molecule has 0 amide bonds. The van der Waals surface area contributed by atoms with Crippen molar-refractivity contribution in [1.82, 2.24) is 9.80 Å². The van der Waals surface area contributed by atoms with Gasteiger partial charge in [0.25, 0.3) is 0 Å². The van der Waals surface area contributed by atoms with E-state index in [9.17, 15) is 0 Å². The van der Waals surface area contributed by atoms with Gasteiger partial charge >= 0.3 is 0 Å². The van der Waals surface area contributed by atoms with Gasteiger partial charge in [-0.1, -0.05) is 13.8 Å². The molecular weight excluding hydrogens is 230 g/mol. The fourth-order valence-electron chi connectivity index (χ4n) is 3.18. The minimum atomic E-state index is 0.306. The van der Waals surface area contributed by atoms with Crippen molar-refractivity contribution in [2.75, 3.05) is 45.0 Å². The van der Waals surface area contributed by atoms with E-state index in [1.54, 1.807) is 0 Å². The molecule has 1 unspecified atom stereocenters. The van der Waals surface area contributed by atoms with Crippen molar-refractivity contribution < 1.29 is 0 Å². The number of hydrogen-bond donors (Lipinski definition) is 1. The average molecular weight is 257 g/mol. The molecule has 2 N–H and O–H groups in total. The van der Waals surface area contributed by atoms with Gasteiger partial charge in [0.2, 0.25) is 0 Å². The number of nitrogens with zero attached hydrogens (tertiary/aromatic N) is 2. The van der Waals surface area contributed by atoms with Crippen molar-refractivity contribution in [3.63, 3.8) is 0 Å². The Morgan fingerprint density at radius 3 is 2.53 bits per heavy atom. The summed E-state index contributed by atoms with van der Waals surface area (Å²) in [7, 11) is 0. The Hall–Kier alpha value is 0.230. The van der Waals surface area contributed by atoms with Gasteiger partial charge in [-0.05, 0) is 32.5 Å². The van der Waals surface area contributed by atoms with Crippen molar-refractivity contribution in [2.24, 2.45) is 5.73 Å². The second-order valence-electron chi connectivity index (χ2n) is 5.49. The van der Waals surface area contributed by atoms with Gasteiger partial charge in [-0.25, -0.2) is 0 Å². The third kappa shape index (κ3) is 2.98. The molecule has 1 atom stereocenters. The zero-order valence-corrected chi connectivity index (χ0v) is 12.1. The van der Waals surface area contributed by atoms with Crippen molar-refractivity contribution in [2.45, 2.75) is 37.5 Å². The summed E-state index contributed by atoms with van der Waals surface area (Å²) >= 11 is 2.11. The summed E-state index contributed by atoms with van der Waals surface area (Å²) in [6, 6.07) is 0. The van der Waals surface area contributed by atoms with E-state index in [4.69, 9.17) is 5.73 Å². The fraction of sp³-hybridized carbons (Fsp3) is 1.00. The first-order valence-corrected chi connectivity index (χ1v) is 8.04. The van der Waals surface area contributed by atoms with Gasteiger partial charge in [0.1, 0.15) is 0 Å². The van der Waals surface area contributed by atoms with E-state index in [2.05, 4.69) is 35.4 Å². The van der Waals surface area contributed by atoms with Crippen LogP contribution >= 0.6 is 11.8 Å². The summed E-state index contributed by atoms with van der Waals surface area (Å²) in [5.41, 5.74) is 6.44. The molecule has 0 bridgehead atoms. The van der Waals surface area contributed by atoms with Crippen LogP contribution in [0.25, 0.3) is 0 Å². The first-order valence-electron chi connectivity index (χ1n) is 6.99. The highest BCUT2D eigenvalue weighted by Gasteiger charge is 2.39. The average Bonchev–Trinajstić information content (AvgIpc) is 2.39. The Balaban J connectivity index is 1.99. The van der Waals surface area contributed by atoms with Gasteiger partial charge in [-0.15, -0.1) is 0 Å². The van der Waals surface area contributed by atoms with Crippen LogP contribution in [0.2, 0.25) is 0 Å². The molecule has 3 nitrogen and oxygen atoms in total. The minimum Gasteiger partial charge on any atom is -0.329 e. The molecule has 0 aromatic rings. The number of rotatable bonds is 3. The van der Waals surface area contributed by atoms with Crippen molar-refractivity contribution in [3.8, 4) is 0 Å². The van der Waals surface area contributed by atoms with Crippen LogP contribution in [0.15, 0.2) is 0 Å². The van der Waals surface area contributed by atoms with Gasteiger partial charge in [0, 0.05) is 36.2 Å². The van der Waals surface area contributed by atoms with E-state index in [1.165, 1.54) is 51.3 Å². The molecule has 0 aromatic carbocycles. The normalized spacial score (nSPS) is 31.6. The lowest BCUT2D eigenvalue weighted by Crippen LogP contribution is -2.61. The van der Waals surface area contributed by atoms with Gasteiger partial charge < -0.3 is 10.6 Å². The summed E-state index contributed by atoms with van der Waals surface area (Å²) in [6.45, 7) is 11.6. The van der Waals surface area contributed by atoms with Gasteiger partial charge in [-0.3, -0.25) is 4.90 Å². The number of hydrogen-bond acceptors (Lipinski definition) is 4. The monoisotopic (exact) mass is 257 g/mol. The van der Waals surface area contributed by atoms with E-state index in [0.717, 1.165) is 11.8 Å². The Bertz CT molecular complexity index is 239. The summed E-state index contributed by atoms with van der Waals surface area (Å²) in [5, 5.41) is 0.774.